The minimum absolute atomic E-state index is 0.0262. The topological polar surface area (TPSA) is 57.7 Å². The number of imide groups is 1. The summed E-state index contributed by atoms with van der Waals surface area (Å²) in [5.74, 6) is -1.45. The molecule has 3 saturated heterocycles. The summed E-state index contributed by atoms with van der Waals surface area (Å²) >= 11 is 0. The quantitative estimate of drug-likeness (QED) is 0.583. The van der Waals surface area contributed by atoms with Gasteiger partial charge in [-0.05, 0) is 63.4 Å². The minimum Gasteiger partial charge on any atom is -0.292 e. The first-order valence-electron chi connectivity index (χ1n) is 10.7. The van der Waals surface area contributed by atoms with Gasteiger partial charge in [0.1, 0.15) is 0 Å². The number of rotatable bonds is 3. The molecular formula is C25H26N2O3. The van der Waals surface area contributed by atoms with Crippen LogP contribution in [0.2, 0.25) is 0 Å². The van der Waals surface area contributed by atoms with E-state index in [9.17, 15) is 14.4 Å². The Morgan fingerprint density at radius 2 is 1.50 bits per heavy atom. The van der Waals surface area contributed by atoms with Gasteiger partial charge in [0.05, 0.1) is 23.6 Å². The molecule has 5 nitrogen and oxygen atoms in total. The van der Waals surface area contributed by atoms with Crippen molar-refractivity contribution in [3.05, 3.63) is 64.7 Å². The van der Waals surface area contributed by atoms with E-state index in [1.54, 1.807) is 0 Å². The summed E-state index contributed by atoms with van der Waals surface area (Å²) in [6.07, 6.45) is 1.81. The number of carbonyl (C=O) groups excluding carboxylic acids is 3. The summed E-state index contributed by atoms with van der Waals surface area (Å²) in [5, 5.41) is 0. The lowest BCUT2D eigenvalue weighted by Gasteiger charge is -2.27. The molecule has 0 spiro atoms. The highest BCUT2D eigenvalue weighted by Gasteiger charge is 2.64. The second-order valence-corrected chi connectivity index (χ2v) is 9.03. The molecule has 5 heteroatoms. The molecule has 2 aromatic rings. The lowest BCUT2D eigenvalue weighted by molar-refractivity contribution is -0.123. The molecule has 0 unspecified atom stereocenters. The van der Waals surface area contributed by atoms with E-state index in [4.69, 9.17) is 0 Å². The zero-order valence-corrected chi connectivity index (χ0v) is 17.6. The van der Waals surface area contributed by atoms with Crippen LogP contribution in [0.5, 0.6) is 0 Å². The monoisotopic (exact) mass is 402 g/mol. The van der Waals surface area contributed by atoms with Crippen molar-refractivity contribution < 1.29 is 14.4 Å². The number of amides is 2. The third kappa shape index (κ3) is 2.76. The number of aryl methyl sites for hydroxylation is 3. The number of hydrogen-bond acceptors (Lipinski definition) is 4. The Hall–Kier alpha value is -2.79. The van der Waals surface area contributed by atoms with Gasteiger partial charge < -0.3 is 0 Å². The third-order valence-electron chi connectivity index (χ3n) is 6.92. The lowest BCUT2D eigenvalue weighted by atomic mass is 9.85. The maximum absolute atomic E-state index is 13.6. The van der Waals surface area contributed by atoms with Crippen molar-refractivity contribution >= 4 is 23.3 Å². The number of fused-ring (bicyclic) bond motifs is 3. The van der Waals surface area contributed by atoms with E-state index in [0.717, 1.165) is 36.1 Å². The normalized spacial score (nSPS) is 28.2. The zero-order valence-electron chi connectivity index (χ0n) is 17.6. The first-order valence-corrected chi connectivity index (χ1v) is 10.7. The zero-order chi connectivity index (χ0) is 21.2. The molecule has 5 rings (SSSR count). The van der Waals surface area contributed by atoms with Gasteiger partial charge in [-0.15, -0.1) is 0 Å². The van der Waals surface area contributed by atoms with Gasteiger partial charge in [0.2, 0.25) is 11.8 Å². The van der Waals surface area contributed by atoms with E-state index in [2.05, 4.69) is 4.90 Å². The molecule has 3 heterocycles. The predicted octanol–water partition coefficient (Wildman–Crippen LogP) is 3.45. The smallest absolute Gasteiger partial charge is 0.239 e. The molecular weight excluding hydrogens is 376 g/mol. The number of Topliss-reactive ketones (excluding diaryl/α,β-unsaturated/α-hetero) is 1. The Balaban J connectivity index is 1.56. The van der Waals surface area contributed by atoms with Crippen LogP contribution in [0.1, 0.15) is 39.9 Å². The average Bonchev–Trinajstić information content (AvgIpc) is 3.33. The Kier molecular flexibility index (Phi) is 4.40. The Labute approximate surface area is 176 Å². The minimum atomic E-state index is -0.600. The fraction of sp³-hybridized carbons (Fsp3) is 0.400. The van der Waals surface area contributed by atoms with Crippen molar-refractivity contribution in [2.24, 2.45) is 11.8 Å². The van der Waals surface area contributed by atoms with Crippen LogP contribution in [0.25, 0.3) is 0 Å². The number of nitrogens with zero attached hydrogens (tertiary/aromatic N) is 2. The molecule has 154 valence electrons. The first kappa shape index (κ1) is 19.2. The second kappa shape index (κ2) is 6.88. The molecule has 0 bridgehead atoms. The highest BCUT2D eigenvalue weighted by Crippen LogP contribution is 2.48. The highest BCUT2D eigenvalue weighted by atomic mass is 16.2. The number of ketones is 1. The molecule has 2 aromatic carbocycles. The van der Waals surface area contributed by atoms with Crippen molar-refractivity contribution in [2.75, 3.05) is 11.4 Å². The molecule has 4 atom stereocenters. The van der Waals surface area contributed by atoms with Crippen LogP contribution in [0.15, 0.2) is 42.5 Å². The lowest BCUT2D eigenvalue weighted by Crippen LogP contribution is -2.46. The summed E-state index contributed by atoms with van der Waals surface area (Å²) in [6, 6.07) is 12.7. The first-order chi connectivity index (χ1) is 14.4. The maximum Gasteiger partial charge on any atom is 0.239 e. The summed E-state index contributed by atoms with van der Waals surface area (Å²) in [7, 11) is 0. The van der Waals surface area contributed by atoms with Crippen LogP contribution in [-0.2, 0) is 9.59 Å². The van der Waals surface area contributed by atoms with E-state index < -0.39 is 17.9 Å². The van der Waals surface area contributed by atoms with Gasteiger partial charge in [0.15, 0.2) is 5.78 Å². The van der Waals surface area contributed by atoms with Gasteiger partial charge >= 0.3 is 0 Å². The number of carbonyl (C=O) groups is 3. The van der Waals surface area contributed by atoms with E-state index >= 15 is 0 Å². The van der Waals surface area contributed by atoms with Crippen LogP contribution >= 0.6 is 0 Å². The van der Waals surface area contributed by atoms with Gasteiger partial charge in [-0.2, -0.15) is 0 Å². The van der Waals surface area contributed by atoms with E-state index in [-0.39, 0.29) is 23.6 Å². The molecule has 0 radical (unpaired) electrons. The third-order valence-corrected chi connectivity index (χ3v) is 6.92. The number of anilines is 1. The summed E-state index contributed by atoms with van der Waals surface area (Å²) < 4.78 is 0. The summed E-state index contributed by atoms with van der Waals surface area (Å²) in [5.41, 5.74) is 4.35. The number of hydrogen-bond donors (Lipinski definition) is 0. The van der Waals surface area contributed by atoms with Crippen LogP contribution in [0, 0.1) is 32.6 Å². The van der Waals surface area contributed by atoms with Crippen molar-refractivity contribution in [1.82, 2.24) is 4.90 Å². The molecule has 0 N–H and O–H groups in total. The van der Waals surface area contributed by atoms with Gasteiger partial charge in [-0.3, -0.25) is 19.3 Å². The van der Waals surface area contributed by atoms with Gasteiger partial charge in [-0.1, -0.05) is 35.9 Å². The van der Waals surface area contributed by atoms with Crippen molar-refractivity contribution in [3.8, 4) is 0 Å². The molecule has 30 heavy (non-hydrogen) atoms. The largest absolute Gasteiger partial charge is 0.292 e. The molecule has 3 aliphatic heterocycles. The van der Waals surface area contributed by atoms with Crippen LogP contribution in [0.4, 0.5) is 5.69 Å². The van der Waals surface area contributed by atoms with Gasteiger partial charge in [-0.25, -0.2) is 4.90 Å². The Morgan fingerprint density at radius 1 is 0.867 bits per heavy atom. The molecule has 3 fully saturated rings. The maximum atomic E-state index is 13.6. The van der Waals surface area contributed by atoms with Crippen LogP contribution in [0.3, 0.4) is 0 Å². The highest BCUT2D eigenvalue weighted by molar-refractivity contribution is 6.24. The molecule has 0 saturated carbocycles. The second-order valence-electron chi connectivity index (χ2n) is 9.03. The molecule has 2 amide bonds. The van der Waals surface area contributed by atoms with E-state index in [0.29, 0.717) is 11.3 Å². The van der Waals surface area contributed by atoms with E-state index in [1.165, 1.54) is 4.90 Å². The Morgan fingerprint density at radius 3 is 2.17 bits per heavy atom. The standard InChI is InChI=1S/C25H26N2O3/c1-14-6-8-17(9-7-14)23(28)22-21-20(19-5-4-10-26(19)22)24(29)27(25(21)30)18-12-15(2)11-16(3)13-18/h6-9,11-13,19-22H,4-5,10H2,1-3H3/t19-,20-,21+,22-/m1/s1. The summed E-state index contributed by atoms with van der Waals surface area (Å²) in [6.45, 7) is 6.68. The SMILES string of the molecule is Cc1ccc(C(=O)[C@H]2[C@H]3C(=O)N(c4cc(C)cc(C)c4)C(=O)[C@@H]3[C@H]3CCCN32)cc1. The van der Waals surface area contributed by atoms with Crippen molar-refractivity contribution in [3.63, 3.8) is 0 Å². The molecule has 0 aliphatic carbocycles. The van der Waals surface area contributed by atoms with Crippen molar-refractivity contribution in [2.45, 2.75) is 45.7 Å². The van der Waals surface area contributed by atoms with Crippen LogP contribution < -0.4 is 4.90 Å². The average molecular weight is 402 g/mol. The van der Waals surface area contributed by atoms with Crippen LogP contribution in [-0.4, -0.2) is 41.1 Å². The van der Waals surface area contributed by atoms with E-state index in [1.807, 2.05) is 63.2 Å². The fourth-order valence-corrected chi connectivity index (χ4v) is 5.74. The summed E-state index contributed by atoms with van der Waals surface area (Å²) in [4.78, 5) is 44.1. The van der Waals surface area contributed by atoms with Gasteiger partial charge in [0, 0.05) is 11.6 Å². The molecule has 0 aromatic heterocycles. The number of benzene rings is 2. The predicted molar refractivity (Wildman–Crippen MR) is 114 cm³/mol. The van der Waals surface area contributed by atoms with Gasteiger partial charge in [0.25, 0.3) is 0 Å². The Bertz CT molecular complexity index is 1040. The van der Waals surface area contributed by atoms with Crippen molar-refractivity contribution in [1.29, 1.82) is 0 Å². The fourth-order valence-electron chi connectivity index (χ4n) is 5.74. The molecule has 3 aliphatic rings.